The van der Waals surface area contributed by atoms with E-state index in [-0.39, 0.29) is 18.4 Å². The van der Waals surface area contributed by atoms with Crippen molar-refractivity contribution in [2.24, 2.45) is 0 Å². The molecule has 0 unspecified atom stereocenters. The molecule has 126 valence electrons. The Kier molecular flexibility index (Phi) is 6.59. The molecule has 0 aromatic heterocycles. The number of morpholine rings is 1. The predicted octanol–water partition coefficient (Wildman–Crippen LogP) is 4.49. The van der Waals surface area contributed by atoms with Crippen LogP contribution in [0.4, 0.5) is 27.6 Å². The maximum atomic E-state index is 13.8. The van der Waals surface area contributed by atoms with E-state index in [1.807, 2.05) is 4.90 Å². The second-order valence-corrected chi connectivity index (χ2v) is 5.36. The lowest BCUT2D eigenvalue weighted by atomic mass is 10.0. The summed E-state index contributed by atoms with van der Waals surface area (Å²) in [5, 5.41) is 0. The van der Waals surface area contributed by atoms with Gasteiger partial charge >= 0.3 is 6.18 Å². The summed E-state index contributed by atoms with van der Waals surface area (Å²) in [4.78, 5) is 1.94. The van der Waals surface area contributed by atoms with Gasteiger partial charge in [0, 0.05) is 31.3 Å². The smallest absolute Gasteiger partial charge is 0.378 e. The van der Waals surface area contributed by atoms with Crippen molar-refractivity contribution in [2.75, 3.05) is 31.2 Å². The second kappa shape index (κ2) is 7.76. The highest BCUT2D eigenvalue weighted by Crippen LogP contribution is 2.27. The number of benzene rings is 1. The Morgan fingerprint density at radius 3 is 1.82 bits per heavy atom. The maximum Gasteiger partial charge on any atom is 0.386 e. The van der Waals surface area contributed by atoms with Gasteiger partial charge in [0.15, 0.2) is 0 Å². The molecule has 1 fully saturated rings. The largest absolute Gasteiger partial charge is 0.386 e. The minimum Gasteiger partial charge on any atom is -0.378 e. The van der Waals surface area contributed by atoms with Gasteiger partial charge in [0.25, 0.3) is 0 Å². The molecule has 1 aliphatic heterocycles. The molecule has 0 saturated carbocycles. The summed E-state index contributed by atoms with van der Waals surface area (Å²) in [6.45, 7) is 6.34. The van der Waals surface area contributed by atoms with Gasteiger partial charge in [-0.1, -0.05) is 13.8 Å². The van der Waals surface area contributed by atoms with Crippen molar-refractivity contribution in [3.63, 3.8) is 0 Å². The van der Waals surface area contributed by atoms with E-state index in [4.69, 9.17) is 4.74 Å². The topological polar surface area (TPSA) is 12.5 Å². The summed E-state index contributed by atoms with van der Waals surface area (Å²) in [6.07, 6.45) is -4.00. The Labute approximate surface area is 126 Å². The lowest BCUT2D eigenvalue weighted by Gasteiger charge is -2.29. The number of halogens is 5. The molecular weight excluding hydrogens is 305 g/mol. The van der Waals surface area contributed by atoms with Crippen molar-refractivity contribution in [3.05, 3.63) is 29.3 Å². The molecular formula is C15H20F5NO. The molecule has 1 saturated heterocycles. The Bertz CT molecular complexity index is 452. The standard InChI is InChI=1S/C13H17F2NO.C2H3F3/c1-9(2)13-11(14)7-10(8-12(13)15)16-3-5-17-6-4-16;1-2(3,4)5/h7-9H,3-6H2,1-2H3;1H3. The number of alkyl halides is 3. The minimum absolute atomic E-state index is 0.145. The van der Waals surface area contributed by atoms with Crippen molar-refractivity contribution >= 4 is 5.69 Å². The van der Waals surface area contributed by atoms with E-state index in [0.717, 1.165) is 0 Å². The van der Waals surface area contributed by atoms with Crippen LogP contribution in [0.1, 0.15) is 32.3 Å². The van der Waals surface area contributed by atoms with Crippen LogP contribution in [-0.2, 0) is 4.74 Å². The molecule has 0 amide bonds. The number of ether oxygens (including phenoxy) is 1. The van der Waals surface area contributed by atoms with Gasteiger partial charge in [-0.3, -0.25) is 0 Å². The first-order valence-electron chi connectivity index (χ1n) is 6.98. The first-order chi connectivity index (χ1) is 10.1. The molecule has 22 heavy (non-hydrogen) atoms. The SMILES string of the molecule is CC(C)c1c(F)cc(N2CCOCC2)cc1F.CC(F)(F)F. The van der Waals surface area contributed by atoms with Crippen LogP contribution in [0.3, 0.4) is 0 Å². The Hall–Kier alpha value is -1.37. The van der Waals surface area contributed by atoms with Crippen molar-refractivity contribution in [2.45, 2.75) is 32.9 Å². The summed E-state index contributed by atoms with van der Waals surface area (Å²) in [5.74, 6) is -1.06. The fourth-order valence-corrected chi connectivity index (χ4v) is 2.13. The van der Waals surface area contributed by atoms with E-state index in [0.29, 0.717) is 32.0 Å². The maximum absolute atomic E-state index is 13.8. The van der Waals surface area contributed by atoms with Crippen molar-refractivity contribution in [1.82, 2.24) is 0 Å². The van der Waals surface area contributed by atoms with Gasteiger partial charge in [-0.15, -0.1) is 0 Å². The highest BCUT2D eigenvalue weighted by Gasteiger charge is 2.18. The monoisotopic (exact) mass is 325 g/mol. The van der Waals surface area contributed by atoms with Crippen LogP contribution in [0.2, 0.25) is 0 Å². The van der Waals surface area contributed by atoms with E-state index in [1.165, 1.54) is 12.1 Å². The molecule has 0 atom stereocenters. The number of nitrogens with zero attached hydrogens (tertiary/aromatic N) is 1. The van der Waals surface area contributed by atoms with Gasteiger partial charge in [0.2, 0.25) is 0 Å². The summed E-state index contributed by atoms with van der Waals surface area (Å²) in [5.41, 5.74) is 0.773. The number of rotatable bonds is 2. The highest BCUT2D eigenvalue weighted by atomic mass is 19.4. The lowest BCUT2D eigenvalue weighted by Crippen LogP contribution is -2.36. The molecule has 0 N–H and O–H groups in total. The molecule has 0 aliphatic carbocycles. The van der Waals surface area contributed by atoms with Crippen LogP contribution in [-0.4, -0.2) is 32.5 Å². The Balaban J connectivity index is 0.000000422. The van der Waals surface area contributed by atoms with Gasteiger partial charge in [-0.25, -0.2) is 8.78 Å². The minimum atomic E-state index is -4.00. The van der Waals surface area contributed by atoms with E-state index in [9.17, 15) is 22.0 Å². The van der Waals surface area contributed by atoms with Crippen LogP contribution < -0.4 is 4.90 Å². The molecule has 0 bridgehead atoms. The van der Waals surface area contributed by atoms with Crippen molar-refractivity contribution < 1.29 is 26.7 Å². The van der Waals surface area contributed by atoms with Crippen LogP contribution in [0.25, 0.3) is 0 Å². The van der Waals surface area contributed by atoms with E-state index >= 15 is 0 Å². The van der Waals surface area contributed by atoms with Crippen molar-refractivity contribution in [1.29, 1.82) is 0 Å². The predicted molar refractivity (Wildman–Crippen MR) is 75.2 cm³/mol. The van der Waals surface area contributed by atoms with E-state index in [1.54, 1.807) is 13.8 Å². The zero-order valence-corrected chi connectivity index (χ0v) is 12.8. The Morgan fingerprint density at radius 1 is 1.05 bits per heavy atom. The molecule has 0 radical (unpaired) electrons. The zero-order chi connectivity index (χ0) is 16.9. The quantitative estimate of drug-likeness (QED) is 0.743. The average molecular weight is 325 g/mol. The Morgan fingerprint density at radius 2 is 1.45 bits per heavy atom. The molecule has 1 aliphatic rings. The third-order valence-electron chi connectivity index (χ3n) is 3.02. The molecule has 1 heterocycles. The van der Waals surface area contributed by atoms with Gasteiger partial charge in [0.05, 0.1) is 13.2 Å². The molecule has 1 aromatic carbocycles. The molecule has 2 rings (SSSR count). The summed E-state index contributed by atoms with van der Waals surface area (Å²) < 4.78 is 63.9. The van der Waals surface area contributed by atoms with Gasteiger partial charge in [-0.05, 0) is 18.1 Å². The van der Waals surface area contributed by atoms with Crippen LogP contribution in [0.5, 0.6) is 0 Å². The lowest BCUT2D eigenvalue weighted by molar-refractivity contribution is -0.110. The van der Waals surface area contributed by atoms with Gasteiger partial charge in [-0.2, -0.15) is 13.2 Å². The first-order valence-corrected chi connectivity index (χ1v) is 6.98. The molecule has 0 spiro atoms. The van der Waals surface area contributed by atoms with E-state index in [2.05, 4.69) is 0 Å². The van der Waals surface area contributed by atoms with Gasteiger partial charge < -0.3 is 9.64 Å². The van der Waals surface area contributed by atoms with Crippen LogP contribution >= 0.6 is 0 Å². The summed E-state index contributed by atoms with van der Waals surface area (Å²) in [7, 11) is 0. The third kappa shape index (κ3) is 6.17. The van der Waals surface area contributed by atoms with Crippen LogP contribution in [0.15, 0.2) is 12.1 Å². The van der Waals surface area contributed by atoms with Crippen molar-refractivity contribution in [3.8, 4) is 0 Å². The fraction of sp³-hybridized carbons (Fsp3) is 0.600. The fourth-order valence-electron chi connectivity index (χ4n) is 2.13. The average Bonchev–Trinajstić information content (AvgIpc) is 2.36. The summed E-state index contributed by atoms with van der Waals surface area (Å²) in [6, 6.07) is 2.84. The number of anilines is 1. The zero-order valence-electron chi connectivity index (χ0n) is 12.8. The molecule has 1 aromatic rings. The normalized spacial score (nSPS) is 15.6. The summed E-state index contributed by atoms with van der Waals surface area (Å²) >= 11 is 0. The first kappa shape index (κ1) is 18.7. The van der Waals surface area contributed by atoms with Gasteiger partial charge in [0.1, 0.15) is 11.6 Å². The third-order valence-corrected chi connectivity index (χ3v) is 3.02. The molecule has 7 heteroatoms. The second-order valence-electron chi connectivity index (χ2n) is 5.36. The van der Waals surface area contributed by atoms with Crippen LogP contribution in [0, 0.1) is 11.6 Å². The highest BCUT2D eigenvalue weighted by molar-refractivity contribution is 5.49. The number of hydrogen-bond acceptors (Lipinski definition) is 2. The number of hydrogen-bond donors (Lipinski definition) is 0. The molecule has 2 nitrogen and oxygen atoms in total. The van der Waals surface area contributed by atoms with E-state index < -0.39 is 17.8 Å².